The van der Waals surface area contributed by atoms with Crippen LogP contribution in [0.2, 0.25) is 0 Å². The van der Waals surface area contributed by atoms with E-state index in [1.807, 2.05) is 0 Å². The summed E-state index contributed by atoms with van der Waals surface area (Å²) in [5.41, 5.74) is 10.3. The Hall–Kier alpha value is -0.530. The van der Waals surface area contributed by atoms with Crippen molar-refractivity contribution < 1.29 is 32.8 Å². The lowest BCUT2D eigenvalue weighted by Gasteiger charge is -2.16. The van der Waals surface area contributed by atoms with Crippen LogP contribution in [-0.2, 0) is 19.7 Å². The normalized spacial score (nSPS) is 16.8. The first-order valence-electron chi connectivity index (χ1n) is 4.28. The maximum atomic E-state index is 10.9. The molecule has 0 amide bonds. The third-order valence-electron chi connectivity index (χ3n) is 1.60. The molecule has 0 aliphatic rings. The molecule has 12 heteroatoms. The van der Waals surface area contributed by atoms with E-state index in [2.05, 4.69) is 0 Å². The number of carboxylic acids is 2. The lowest BCUT2D eigenvalue weighted by atomic mass is 10.4. The van der Waals surface area contributed by atoms with Gasteiger partial charge in [0, 0.05) is 5.75 Å². The summed E-state index contributed by atoms with van der Waals surface area (Å²) < 4.78 is 28.8. The van der Waals surface area contributed by atoms with Gasteiger partial charge in [-0.2, -0.15) is 8.42 Å². The number of nitrogens with two attached hydrogens (primary N) is 2. The molecule has 18 heavy (non-hydrogen) atoms. The molecule has 0 fully saturated rings. The largest absolute Gasteiger partial charge is 0.480 e. The quantitative estimate of drug-likeness (QED) is 0.257. The van der Waals surface area contributed by atoms with E-state index in [1.54, 1.807) is 0 Å². The Bertz CT molecular complexity index is 411. The zero-order valence-electron chi connectivity index (χ0n) is 8.79. The Morgan fingerprint density at radius 3 is 2.00 bits per heavy atom. The van der Waals surface area contributed by atoms with Crippen molar-refractivity contribution in [3.05, 3.63) is 0 Å². The first kappa shape index (κ1) is 17.5. The first-order chi connectivity index (χ1) is 8.07. The van der Waals surface area contributed by atoms with Crippen LogP contribution in [0, 0.1) is 0 Å². The van der Waals surface area contributed by atoms with Gasteiger partial charge in [-0.25, -0.2) is 0 Å². The highest BCUT2D eigenvalue weighted by atomic mass is 33.1. The number of aliphatic carboxylic acids is 2. The first-order valence-corrected chi connectivity index (χ1v) is 8.17. The van der Waals surface area contributed by atoms with E-state index >= 15 is 0 Å². The molecule has 0 aromatic rings. The second-order valence-corrected chi connectivity index (χ2v) is 7.46. The van der Waals surface area contributed by atoms with Crippen molar-refractivity contribution in [2.24, 2.45) is 11.5 Å². The molecule has 106 valence electrons. The van der Waals surface area contributed by atoms with Gasteiger partial charge in [0.1, 0.15) is 12.1 Å². The Labute approximate surface area is 110 Å². The van der Waals surface area contributed by atoms with Gasteiger partial charge in [-0.1, -0.05) is 21.6 Å². The molecule has 9 nitrogen and oxygen atoms in total. The van der Waals surface area contributed by atoms with Crippen LogP contribution in [0.1, 0.15) is 0 Å². The van der Waals surface area contributed by atoms with Crippen molar-refractivity contribution in [1.82, 2.24) is 0 Å². The fourth-order valence-corrected chi connectivity index (χ4v) is 5.11. The Kier molecular flexibility index (Phi) is 6.94. The van der Waals surface area contributed by atoms with E-state index in [0.717, 1.165) is 0 Å². The van der Waals surface area contributed by atoms with Crippen LogP contribution in [-0.4, -0.2) is 57.5 Å². The number of hydrogen-bond donors (Lipinski definition) is 5. The topological polar surface area (TPSA) is 181 Å². The zero-order chi connectivity index (χ0) is 14.5. The molecule has 0 bridgehead atoms. The summed E-state index contributed by atoms with van der Waals surface area (Å²) in [5, 5.41) is 17.0. The number of carbonyl (C=O) groups is 2. The third-order valence-corrected chi connectivity index (χ3v) is 6.42. The van der Waals surface area contributed by atoms with Gasteiger partial charge >= 0.3 is 11.9 Å². The van der Waals surface area contributed by atoms with Crippen molar-refractivity contribution in [3.8, 4) is 0 Å². The highest BCUT2D eigenvalue weighted by Crippen LogP contribution is 2.31. The molecule has 0 radical (unpaired) electrons. The molecule has 0 aromatic carbocycles. The number of rotatable bonds is 8. The van der Waals surface area contributed by atoms with E-state index < -0.39 is 38.7 Å². The third kappa shape index (κ3) is 5.88. The van der Waals surface area contributed by atoms with Crippen LogP contribution < -0.4 is 11.5 Å². The van der Waals surface area contributed by atoms with Crippen molar-refractivity contribution >= 4 is 43.6 Å². The molecule has 1 unspecified atom stereocenters. The van der Waals surface area contributed by atoms with Gasteiger partial charge in [-0.3, -0.25) is 14.1 Å². The van der Waals surface area contributed by atoms with E-state index in [-0.39, 0.29) is 5.75 Å². The van der Waals surface area contributed by atoms with Crippen LogP contribution in [0.3, 0.4) is 0 Å². The zero-order valence-corrected chi connectivity index (χ0v) is 11.2. The van der Waals surface area contributed by atoms with Crippen molar-refractivity contribution in [2.45, 2.75) is 16.7 Å². The average molecular weight is 320 g/mol. The fourth-order valence-electron chi connectivity index (χ4n) is 0.662. The lowest BCUT2D eigenvalue weighted by molar-refractivity contribution is -0.139. The van der Waals surface area contributed by atoms with Crippen molar-refractivity contribution in [3.63, 3.8) is 0 Å². The van der Waals surface area contributed by atoms with E-state index in [9.17, 15) is 18.0 Å². The second kappa shape index (κ2) is 7.16. The number of carboxylic acid groups (broad SMARTS) is 2. The summed E-state index contributed by atoms with van der Waals surface area (Å²) in [5.74, 6) is -3.06. The van der Waals surface area contributed by atoms with Gasteiger partial charge < -0.3 is 21.7 Å². The van der Waals surface area contributed by atoms with Crippen LogP contribution >= 0.6 is 21.6 Å². The summed E-state index contributed by atoms with van der Waals surface area (Å²) >= 11 is 0. The van der Waals surface area contributed by atoms with Crippen molar-refractivity contribution in [2.75, 3.05) is 5.75 Å². The highest BCUT2D eigenvalue weighted by Gasteiger charge is 2.35. The summed E-state index contributed by atoms with van der Waals surface area (Å²) in [7, 11) is -3.54. The molecule has 0 heterocycles. The molecule has 0 aliphatic heterocycles. The summed E-state index contributed by atoms with van der Waals surface area (Å²) in [6.45, 7) is 0. The summed E-state index contributed by atoms with van der Waals surface area (Å²) in [4.78, 5) is 20.9. The van der Waals surface area contributed by atoms with Crippen LogP contribution in [0.25, 0.3) is 0 Å². The monoisotopic (exact) mass is 320 g/mol. The van der Waals surface area contributed by atoms with E-state index in [4.69, 9.17) is 26.2 Å². The summed E-state index contributed by atoms with van der Waals surface area (Å²) in [6, 6.07) is -3.07. The predicted molar refractivity (Wildman–Crippen MR) is 66.6 cm³/mol. The van der Waals surface area contributed by atoms with Crippen molar-refractivity contribution in [1.29, 1.82) is 0 Å². The Morgan fingerprint density at radius 2 is 1.67 bits per heavy atom. The van der Waals surface area contributed by atoms with Gasteiger partial charge in [0.2, 0.25) is 0 Å². The molecule has 3 atom stereocenters. The highest BCUT2D eigenvalue weighted by molar-refractivity contribution is 8.78. The van der Waals surface area contributed by atoms with E-state index in [0.29, 0.717) is 21.6 Å². The van der Waals surface area contributed by atoms with Gasteiger partial charge in [0.05, 0.1) is 0 Å². The average Bonchev–Trinajstić information content (AvgIpc) is 2.20. The van der Waals surface area contributed by atoms with Gasteiger partial charge in [-0.05, 0) is 0 Å². The van der Waals surface area contributed by atoms with Crippen LogP contribution in [0.5, 0.6) is 0 Å². The maximum absolute atomic E-state index is 10.9. The molecule has 0 spiro atoms. The Balaban J connectivity index is 4.55. The molecule has 0 saturated carbocycles. The standard InChI is InChI=1S/C6H12N2O7S3/c7-2(4(9)10)1-16-17-6(18(13,14)15)3(8)5(11)12/h2-3,6H,1,7-8H2,(H,9,10)(H,11,12)(H,13,14,15)/t2-,3+,6?/m0/s1. The van der Waals surface area contributed by atoms with Gasteiger partial charge in [-0.15, -0.1) is 0 Å². The minimum Gasteiger partial charge on any atom is -0.480 e. The molecule has 0 rings (SSSR count). The van der Waals surface area contributed by atoms with Gasteiger partial charge in [0.25, 0.3) is 10.1 Å². The number of hydrogen-bond acceptors (Lipinski definition) is 8. The predicted octanol–water partition coefficient (Wildman–Crippen LogP) is -1.59. The summed E-state index contributed by atoms with van der Waals surface area (Å²) in [6.07, 6.45) is 0. The molecule has 0 aromatic heterocycles. The minimum atomic E-state index is -4.68. The van der Waals surface area contributed by atoms with Gasteiger partial charge in [0.15, 0.2) is 4.58 Å². The molecular weight excluding hydrogens is 308 g/mol. The molecule has 0 aliphatic carbocycles. The Morgan fingerprint density at radius 1 is 1.17 bits per heavy atom. The lowest BCUT2D eigenvalue weighted by Crippen LogP contribution is -2.44. The molecule has 0 saturated heterocycles. The maximum Gasteiger partial charge on any atom is 0.322 e. The minimum absolute atomic E-state index is 0.168. The molecular formula is C6H12N2O7S3. The fraction of sp³-hybridized carbons (Fsp3) is 0.667. The smallest absolute Gasteiger partial charge is 0.322 e. The van der Waals surface area contributed by atoms with Crippen LogP contribution in [0.4, 0.5) is 0 Å². The second-order valence-electron chi connectivity index (χ2n) is 3.07. The van der Waals surface area contributed by atoms with E-state index in [1.165, 1.54) is 0 Å². The molecule has 7 N–H and O–H groups in total. The van der Waals surface area contributed by atoms with Crippen LogP contribution in [0.15, 0.2) is 0 Å². The SMILES string of the molecule is N[C@H](C(=O)O)C(SSC[C@H](N)C(=O)O)S(=O)(=O)O.